The maximum atomic E-state index is 5.53. The summed E-state index contributed by atoms with van der Waals surface area (Å²) in [7, 11) is 1.98. The lowest BCUT2D eigenvalue weighted by atomic mass is 9.97. The van der Waals surface area contributed by atoms with Crippen LogP contribution in [0.5, 0.6) is 0 Å². The molecular weight excluding hydrogens is 238 g/mol. The highest BCUT2D eigenvalue weighted by atomic mass is 16.5. The van der Waals surface area contributed by atoms with Crippen molar-refractivity contribution < 1.29 is 4.52 Å². The van der Waals surface area contributed by atoms with Gasteiger partial charge < -0.3 is 9.84 Å². The molecule has 0 bridgehead atoms. The van der Waals surface area contributed by atoms with E-state index in [1.54, 1.807) is 0 Å². The molecule has 0 saturated heterocycles. The fourth-order valence-electron chi connectivity index (χ4n) is 3.04. The van der Waals surface area contributed by atoms with E-state index in [-0.39, 0.29) is 0 Å². The van der Waals surface area contributed by atoms with Gasteiger partial charge >= 0.3 is 0 Å². The van der Waals surface area contributed by atoms with Crippen molar-refractivity contribution in [1.29, 1.82) is 0 Å². The fourth-order valence-corrected chi connectivity index (χ4v) is 3.04. The lowest BCUT2D eigenvalue weighted by Crippen LogP contribution is -2.28. The zero-order chi connectivity index (χ0) is 13.7. The van der Waals surface area contributed by atoms with Crippen LogP contribution in [-0.2, 0) is 0 Å². The highest BCUT2D eigenvalue weighted by Gasteiger charge is 2.25. The van der Waals surface area contributed by atoms with Gasteiger partial charge in [0.2, 0.25) is 5.89 Å². The third-order valence-corrected chi connectivity index (χ3v) is 4.49. The molecule has 1 fully saturated rings. The summed E-state index contributed by atoms with van der Waals surface area (Å²) in [6, 6.07) is 0.368. The molecule has 4 nitrogen and oxygen atoms in total. The van der Waals surface area contributed by atoms with Crippen LogP contribution in [0.1, 0.15) is 82.3 Å². The summed E-state index contributed by atoms with van der Waals surface area (Å²) in [6.07, 6.45) is 8.78. The third-order valence-electron chi connectivity index (χ3n) is 4.49. The van der Waals surface area contributed by atoms with Crippen molar-refractivity contribution in [3.05, 3.63) is 11.7 Å². The van der Waals surface area contributed by atoms with Crippen molar-refractivity contribution in [2.24, 2.45) is 0 Å². The molecule has 2 rings (SSSR count). The number of nitrogens with one attached hydrogen (secondary N) is 1. The first-order valence-electron chi connectivity index (χ1n) is 7.77. The summed E-state index contributed by atoms with van der Waals surface area (Å²) in [5.74, 6) is 2.58. The largest absolute Gasteiger partial charge is 0.339 e. The van der Waals surface area contributed by atoms with Crippen LogP contribution >= 0.6 is 0 Å². The van der Waals surface area contributed by atoms with Gasteiger partial charge in [0.05, 0.1) is 5.92 Å². The number of likely N-dealkylation sites (N-methyl/N-ethyl adjacent to an activating group) is 1. The summed E-state index contributed by atoms with van der Waals surface area (Å²) < 4.78 is 5.53. The summed E-state index contributed by atoms with van der Waals surface area (Å²) in [5, 5.41) is 7.54. The number of nitrogens with zero attached hydrogens (tertiary/aromatic N) is 2. The summed E-state index contributed by atoms with van der Waals surface area (Å²) >= 11 is 0. The van der Waals surface area contributed by atoms with Gasteiger partial charge in [-0.25, -0.2) is 0 Å². The van der Waals surface area contributed by atoms with Crippen LogP contribution in [0.25, 0.3) is 0 Å². The Balaban J connectivity index is 2.08. The normalized spacial score (nSPS) is 21.0. The topological polar surface area (TPSA) is 51.0 Å². The van der Waals surface area contributed by atoms with Gasteiger partial charge in [0.1, 0.15) is 0 Å². The Labute approximate surface area is 116 Å². The van der Waals surface area contributed by atoms with E-state index in [0.717, 1.165) is 18.1 Å². The van der Waals surface area contributed by atoms with Crippen LogP contribution in [0.2, 0.25) is 0 Å². The smallest absolute Gasteiger partial charge is 0.231 e. The summed E-state index contributed by atoms with van der Waals surface area (Å²) in [4.78, 5) is 4.70. The van der Waals surface area contributed by atoms with Gasteiger partial charge in [0.15, 0.2) is 5.82 Å². The van der Waals surface area contributed by atoms with E-state index in [0.29, 0.717) is 17.9 Å². The highest BCUT2D eigenvalue weighted by molar-refractivity contribution is 5.02. The van der Waals surface area contributed by atoms with Gasteiger partial charge in [-0.2, -0.15) is 4.98 Å². The predicted molar refractivity (Wildman–Crippen MR) is 76.3 cm³/mol. The molecule has 2 unspecified atom stereocenters. The van der Waals surface area contributed by atoms with Crippen molar-refractivity contribution >= 4 is 0 Å². The molecule has 1 N–H and O–H groups in total. The van der Waals surface area contributed by atoms with Crippen molar-refractivity contribution in [3.8, 4) is 0 Å². The van der Waals surface area contributed by atoms with E-state index in [1.807, 2.05) is 7.05 Å². The molecule has 0 radical (unpaired) electrons. The van der Waals surface area contributed by atoms with Gasteiger partial charge in [0, 0.05) is 12.0 Å². The van der Waals surface area contributed by atoms with Crippen LogP contribution < -0.4 is 5.32 Å². The maximum Gasteiger partial charge on any atom is 0.231 e. The lowest BCUT2D eigenvalue weighted by Gasteiger charge is -2.17. The molecule has 2 atom stereocenters. The third kappa shape index (κ3) is 3.56. The van der Waals surface area contributed by atoms with Crippen LogP contribution in [0.3, 0.4) is 0 Å². The first kappa shape index (κ1) is 14.5. The molecule has 0 aromatic carbocycles. The van der Waals surface area contributed by atoms with E-state index in [4.69, 9.17) is 9.51 Å². The predicted octanol–water partition coefficient (Wildman–Crippen LogP) is 3.61. The molecule has 1 aliphatic carbocycles. The first-order chi connectivity index (χ1) is 9.26. The van der Waals surface area contributed by atoms with Crippen LogP contribution in [0.4, 0.5) is 0 Å². The van der Waals surface area contributed by atoms with Crippen LogP contribution in [0.15, 0.2) is 4.52 Å². The fraction of sp³-hybridized carbons (Fsp3) is 0.867. The second-order valence-corrected chi connectivity index (χ2v) is 5.77. The minimum absolute atomic E-state index is 0.317. The Bertz CT molecular complexity index is 369. The van der Waals surface area contributed by atoms with E-state index in [9.17, 15) is 0 Å². The summed E-state index contributed by atoms with van der Waals surface area (Å²) in [5.41, 5.74) is 0. The zero-order valence-corrected chi connectivity index (χ0v) is 12.5. The second-order valence-electron chi connectivity index (χ2n) is 5.77. The first-order valence-corrected chi connectivity index (χ1v) is 7.77. The lowest BCUT2D eigenvalue weighted by molar-refractivity contribution is 0.317. The quantitative estimate of drug-likeness (QED) is 0.826. The van der Waals surface area contributed by atoms with Gasteiger partial charge in [0.25, 0.3) is 0 Å². The Morgan fingerprint density at radius 1 is 1.26 bits per heavy atom. The average molecular weight is 265 g/mol. The van der Waals surface area contributed by atoms with Crippen molar-refractivity contribution in [2.45, 2.75) is 76.7 Å². The Kier molecular flexibility index (Phi) is 5.37. The molecule has 19 heavy (non-hydrogen) atoms. The van der Waals surface area contributed by atoms with E-state index < -0.39 is 0 Å². The molecule has 108 valence electrons. The SMILES string of the molecule is CCC(c1nc(C2CCCCCC2)no1)C(C)NC. The molecule has 4 heteroatoms. The molecule has 1 aromatic heterocycles. The van der Waals surface area contributed by atoms with Gasteiger partial charge in [-0.15, -0.1) is 0 Å². The van der Waals surface area contributed by atoms with Crippen LogP contribution in [-0.4, -0.2) is 23.2 Å². The number of aromatic nitrogens is 2. The Morgan fingerprint density at radius 2 is 1.95 bits per heavy atom. The molecule has 1 heterocycles. The standard InChI is InChI=1S/C15H27N3O/c1-4-13(11(2)16-3)15-17-14(18-19-15)12-9-7-5-6-8-10-12/h11-13,16H,4-10H2,1-3H3. The molecule has 1 aromatic rings. The molecule has 0 aliphatic heterocycles. The average Bonchev–Trinajstić information content (AvgIpc) is 2.74. The van der Waals surface area contributed by atoms with Gasteiger partial charge in [-0.1, -0.05) is 37.8 Å². The number of hydrogen-bond acceptors (Lipinski definition) is 4. The number of hydrogen-bond donors (Lipinski definition) is 1. The van der Waals surface area contributed by atoms with E-state index in [2.05, 4.69) is 24.3 Å². The highest BCUT2D eigenvalue weighted by Crippen LogP contribution is 2.31. The summed E-state index contributed by atoms with van der Waals surface area (Å²) in [6.45, 7) is 4.34. The Hall–Kier alpha value is -0.900. The minimum atomic E-state index is 0.317. The maximum absolute atomic E-state index is 5.53. The van der Waals surface area contributed by atoms with Crippen molar-refractivity contribution in [2.75, 3.05) is 7.05 Å². The van der Waals surface area contributed by atoms with Gasteiger partial charge in [-0.3, -0.25) is 0 Å². The molecule has 1 saturated carbocycles. The molecule has 0 amide bonds. The second kappa shape index (κ2) is 7.04. The zero-order valence-electron chi connectivity index (χ0n) is 12.5. The molecule has 0 spiro atoms. The van der Waals surface area contributed by atoms with Crippen LogP contribution in [0, 0.1) is 0 Å². The molecular formula is C15H27N3O. The van der Waals surface area contributed by atoms with Crippen molar-refractivity contribution in [1.82, 2.24) is 15.5 Å². The van der Waals surface area contributed by atoms with E-state index >= 15 is 0 Å². The number of rotatable bonds is 5. The van der Waals surface area contributed by atoms with Crippen molar-refractivity contribution in [3.63, 3.8) is 0 Å². The van der Waals surface area contributed by atoms with Gasteiger partial charge in [-0.05, 0) is 33.2 Å². The van der Waals surface area contributed by atoms with E-state index in [1.165, 1.54) is 38.5 Å². The minimum Gasteiger partial charge on any atom is -0.339 e. The monoisotopic (exact) mass is 265 g/mol. The molecule has 1 aliphatic rings. The Morgan fingerprint density at radius 3 is 2.53 bits per heavy atom.